The average Bonchev–Trinajstić information content (AvgIpc) is 3.05. The number of benzene rings is 2. The van der Waals surface area contributed by atoms with Crippen LogP contribution in [0.5, 0.6) is 11.5 Å². The summed E-state index contributed by atoms with van der Waals surface area (Å²) in [5, 5.41) is 13.3. The molecule has 162 valence electrons. The van der Waals surface area contributed by atoms with Crippen LogP contribution < -0.4 is 14.4 Å². The first kappa shape index (κ1) is 22.6. The van der Waals surface area contributed by atoms with Crippen LogP contribution in [0.1, 0.15) is 32.2 Å². The molecule has 9 heteroatoms. The lowest BCUT2D eigenvalue weighted by atomic mass is 10.1. The average molecular weight is 488 g/mol. The SMILES string of the molecule is CCOc1cc(OC(C)C)c(F)c(N(Cc2nc(Br)nn2C)c2ccc(C#N)cc2)c1. The molecule has 0 saturated heterocycles. The molecule has 31 heavy (non-hydrogen) atoms. The van der Waals surface area contributed by atoms with Crippen LogP contribution in [0.25, 0.3) is 0 Å². The van der Waals surface area contributed by atoms with Crippen molar-refractivity contribution >= 4 is 27.3 Å². The lowest BCUT2D eigenvalue weighted by Crippen LogP contribution is -2.21. The number of aromatic nitrogens is 3. The number of aryl methyl sites for hydroxylation is 1. The molecular weight excluding hydrogens is 465 g/mol. The number of hydrogen-bond acceptors (Lipinski definition) is 6. The standard InChI is InChI=1S/C22H23BrFN5O2/c1-5-30-17-10-18(21(24)19(11-17)31-14(2)3)29(13-20-26-22(23)27-28(20)4)16-8-6-15(12-25)7-9-16/h6-11,14H,5,13H2,1-4H3. The summed E-state index contributed by atoms with van der Waals surface area (Å²) in [5.41, 5.74) is 1.46. The Balaban J connectivity index is 2.16. The van der Waals surface area contributed by atoms with Crippen molar-refractivity contribution in [2.24, 2.45) is 7.05 Å². The first-order valence-electron chi connectivity index (χ1n) is 9.78. The Morgan fingerprint density at radius 1 is 1.26 bits per heavy atom. The van der Waals surface area contributed by atoms with E-state index in [0.717, 1.165) is 0 Å². The summed E-state index contributed by atoms with van der Waals surface area (Å²) in [4.78, 5) is 6.14. The van der Waals surface area contributed by atoms with Crippen molar-refractivity contribution in [3.8, 4) is 17.6 Å². The van der Waals surface area contributed by atoms with Gasteiger partial charge in [-0.1, -0.05) is 0 Å². The van der Waals surface area contributed by atoms with E-state index in [1.807, 2.05) is 20.8 Å². The molecule has 1 aromatic heterocycles. The number of nitriles is 1. The lowest BCUT2D eigenvalue weighted by Gasteiger charge is -2.26. The van der Waals surface area contributed by atoms with E-state index in [1.54, 1.807) is 53.0 Å². The first-order chi connectivity index (χ1) is 14.8. The Labute approximate surface area is 189 Å². The molecule has 0 amide bonds. The van der Waals surface area contributed by atoms with Gasteiger partial charge in [-0.25, -0.2) is 9.37 Å². The zero-order valence-corrected chi connectivity index (χ0v) is 19.4. The van der Waals surface area contributed by atoms with Gasteiger partial charge in [0.05, 0.1) is 36.6 Å². The van der Waals surface area contributed by atoms with Gasteiger partial charge in [0.2, 0.25) is 4.73 Å². The highest BCUT2D eigenvalue weighted by Crippen LogP contribution is 2.38. The fraction of sp³-hybridized carbons (Fsp3) is 0.318. The second-order valence-electron chi connectivity index (χ2n) is 7.02. The van der Waals surface area contributed by atoms with Gasteiger partial charge in [-0.2, -0.15) is 5.26 Å². The molecule has 0 bridgehead atoms. The van der Waals surface area contributed by atoms with Crippen molar-refractivity contribution in [2.45, 2.75) is 33.4 Å². The Kier molecular flexibility index (Phi) is 7.13. The molecule has 0 aliphatic heterocycles. The topological polar surface area (TPSA) is 76.2 Å². The third kappa shape index (κ3) is 5.33. The number of halogens is 2. The van der Waals surface area contributed by atoms with E-state index in [-0.39, 0.29) is 24.1 Å². The van der Waals surface area contributed by atoms with Crippen molar-refractivity contribution in [1.29, 1.82) is 5.26 Å². The Hall–Kier alpha value is -3.12. The maximum Gasteiger partial charge on any atom is 0.217 e. The van der Waals surface area contributed by atoms with Gasteiger partial charge in [0.25, 0.3) is 0 Å². The molecule has 0 atom stereocenters. The number of nitrogens with zero attached hydrogens (tertiary/aromatic N) is 5. The Bertz CT molecular complexity index is 1090. The summed E-state index contributed by atoms with van der Waals surface area (Å²) in [7, 11) is 1.77. The Morgan fingerprint density at radius 3 is 2.52 bits per heavy atom. The zero-order valence-electron chi connectivity index (χ0n) is 17.8. The Morgan fingerprint density at radius 2 is 1.97 bits per heavy atom. The van der Waals surface area contributed by atoms with E-state index in [4.69, 9.17) is 14.7 Å². The highest BCUT2D eigenvalue weighted by atomic mass is 79.9. The molecule has 1 heterocycles. The molecule has 0 N–H and O–H groups in total. The minimum atomic E-state index is -0.511. The minimum absolute atomic E-state index is 0.105. The molecule has 2 aromatic carbocycles. The largest absolute Gasteiger partial charge is 0.494 e. The summed E-state index contributed by atoms with van der Waals surface area (Å²) < 4.78 is 29.1. The molecule has 0 fully saturated rings. The molecular formula is C22H23BrFN5O2. The summed E-state index contributed by atoms with van der Waals surface area (Å²) in [5.74, 6) is 0.701. The van der Waals surface area contributed by atoms with Crippen LogP contribution in [0.3, 0.4) is 0 Å². The highest BCUT2D eigenvalue weighted by molar-refractivity contribution is 9.10. The second kappa shape index (κ2) is 9.79. The number of anilines is 2. The number of rotatable bonds is 8. The third-order valence-corrected chi connectivity index (χ3v) is 4.73. The molecule has 0 unspecified atom stereocenters. The van der Waals surface area contributed by atoms with Crippen LogP contribution in [-0.4, -0.2) is 27.5 Å². The predicted molar refractivity (Wildman–Crippen MR) is 119 cm³/mol. The van der Waals surface area contributed by atoms with E-state index < -0.39 is 5.82 Å². The molecule has 0 saturated carbocycles. The molecule has 0 radical (unpaired) electrons. The summed E-state index contributed by atoms with van der Waals surface area (Å²) in [6.07, 6.45) is -0.211. The smallest absolute Gasteiger partial charge is 0.217 e. The van der Waals surface area contributed by atoms with Gasteiger partial charge in [-0.15, -0.1) is 5.10 Å². The molecule has 0 aliphatic carbocycles. The van der Waals surface area contributed by atoms with Crippen LogP contribution in [0, 0.1) is 17.1 Å². The van der Waals surface area contributed by atoms with Crippen LogP contribution in [0.15, 0.2) is 41.1 Å². The van der Waals surface area contributed by atoms with Gasteiger partial charge in [0, 0.05) is 24.9 Å². The summed E-state index contributed by atoms with van der Waals surface area (Å²) in [6.45, 7) is 6.19. The van der Waals surface area contributed by atoms with E-state index in [0.29, 0.717) is 34.2 Å². The maximum absolute atomic E-state index is 15.6. The molecule has 7 nitrogen and oxygen atoms in total. The van der Waals surface area contributed by atoms with Crippen molar-refractivity contribution in [3.63, 3.8) is 0 Å². The third-order valence-electron chi connectivity index (χ3n) is 4.39. The number of hydrogen-bond donors (Lipinski definition) is 0. The molecule has 3 aromatic rings. The van der Waals surface area contributed by atoms with Gasteiger partial charge in [0.1, 0.15) is 11.6 Å². The molecule has 0 aliphatic rings. The van der Waals surface area contributed by atoms with E-state index in [9.17, 15) is 0 Å². The van der Waals surface area contributed by atoms with Crippen molar-refractivity contribution in [2.75, 3.05) is 11.5 Å². The molecule has 3 rings (SSSR count). The first-order valence-corrected chi connectivity index (χ1v) is 10.6. The van der Waals surface area contributed by atoms with Gasteiger partial charge in [0.15, 0.2) is 11.6 Å². The minimum Gasteiger partial charge on any atom is -0.494 e. The summed E-state index contributed by atoms with van der Waals surface area (Å²) in [6, 6.07) is 12.2. The van der Waals surface area contributed by atoms with Crippen LogP contribution in [0.4, 0.5) is 15.8 Å². The van der Waals surface area contributed by atoms with Crippen molar-refractivity contribution in [3.05, 3.63) is 58.3 Å². The van der Waals surface area contributed by atoms with E-state index in [1.165, 1.54) is 0 Å². The zero-order chi connectivity index (χ0) is 22.5. The van der Waals surface area contributed by atoms with Crippen LogP contribution in [0.2, 0.25) is 0 Å². The lowest BCUT2D eigenvalue weighted by molar-refractivity contribution is 0.229. The van der Waals surface area contributed by atoms with Crippen molar-refractivity contribution in [1.82, 2.24) is 14.8 Å². The van der Waals surface area contributed by atoms with Gasteiger partial charge in [-0.05, 0) is 61.0 Å². The highest BCUT2D eigenvalue weighted by Gasteiger charge is 2.22. The fourth-order valence-corrected chi connectivity index (χ4v) is 3.48. The van der Waals surface area contributed by atoms with Gasteiger partial charge in [-0.3, -0.25) is 4.68 Å². The second-order valence-corrected chi connectivity index (χ2v) is 7.73. The quantitative estimate of drug-likeness (QED) is 0.439. The van der Waals surface area contributed by atoms with Crippen molar-refractivity contribution < 1.29 is 13.9 Å². The van der Waals surface area contributed by atoms with Gasteiger partial charge >= 0.3 is 0 Å². The van der Waals surface area contributed by atoms with Crippen LogP contribution >= 0.6 is 15.9 Å². The monoisotopic (exact) mass is 487 g/mol. The van der Waals surface area contributed by atoms with E-state index >= 15 is 4.39 Å². The fourth-order valence-electron chi connectivity index (χ4n) is 3.04. The number of ether oxygens (including phenoxy) is 2. The summed E-state index contributed by atoms with van der Waals surface area (Å²) >= 11 is 3.28. The molecule has 0 spiro atoms. The van der Waals surface area contributed by atoms with Gasteiger partial charge < -0.3 is 14.4 Å². The maximum atomic E-state index is 15.6. The predicted octanol–water partition coefficient (Wildman–Crippen LogP) is 5.11. The van der Waals surface area contributed by atoms with Crippen LogP contribution in [-0.2, 0) is 13.6 Å². The van der Waals surface area contributed by atoms with E-state index in [2.05, 4.69) is 32.1 Å². The normalized spacial score (nSPS) is 10.8.